The summed E-state index contributed by atoms with van der Waals surface area (Å²) in [6.45, 7) is 0. The van der Waals surface area contributed by atoms with Gasteiger partial charge < -0.3 is 0 Å². The molecule has 1 rings (SSSR count). The minimum absolute atomic E-state index is 1.07. The zero-order valence-electron chi connectivity index (χ0n) is 5.11. The molecule has 0 saturated carbocycles. The van der Waals surface area contributed by atoms with Crippen molar-refractivity contribution in [2.75, 3.05) is 0 Å². The first-order valence-corrected chi connectivity index (χ1v) is 4.84. The van der Waals surface area contributed by atoms with Crippen molar-refractivity contribution in [1.82, 2.24) is 0 Å². The second-order valence-corrected chi connectivity index (χ2v) is 3.53. The van der Waals surface area contributed by atoms with Crippen molar-refractivity contribution < 1.29 is 4.79 Å². The molecule has 1 aromatic carbocycles. The fraction of sp³-hybridized carbons (Fsp3) is 0. The van der Waals surface area contributed by atoms with E-state index >= 15 is 0 Å². The van der Waals surface area contributed by atoms with Crippen molar-refractivity contribution in [3.63, 3.8) is 0 Å². The Morgan fingerprint density at radius 2 is 1.90 bits per heavy atom. The predicted octanol–water partition coefficient (Wildman–Crippen LogP) is 2.49. The van der Waals surface area contributed by atoms with E-state index < -0.39 is 0 Å². The Balaban J connectivity index is 2.50. The molecule has 0 saturated heterocycles. The van der Waals surface area contributed by atoms with Gasteiger partial charge in [0.05, 0.1) is 0 Å². The van der Waals surface area contributed by atoms with Gasteiger partial charge in [-0.25, -0.2) is 0 Å². The van der Waals surface area contributed by atoms with Crippen molar-refractivity contribution in [3.05, 3.63) is 30.3 Å². The third kappa shape index (κ3) is 2.45. The van der Waals surface area contributed by atoms with Gasteiger partial charge in [-0.15, -0.1) is 0 Å². The van der Waals surface area contributed by atoms with E-state index in [0.717, 1.165) is 15.7 Å². The van der Waals surface area contributed by atoms with Crippen LogP contribution in [-0.4, -0.2) is 5.62 Å². The highest BCUT2D eigenvalue weighted by Gasteiger charge is 1.89. The first-order chi connectivity index (χ1) is 4.93. The standard InChI is InChI=1S/C7H5OS2/c8-6-9-10-7-4-2-1-3-5-7/h1-5H. The molecule has 51 valence electrons. The van der Waals surface area contributed by atoms with Crippen LogP contribution in [-0.2, 0) is 4.79 Å². The molecule has 0 fully saturated rings. The molecule has 0 unspecified atom stereocenters. The first-order valence-electron chi connectivity index (χ1n) is 2.69. The summed E-state index contributed by atoms with van der Waals surface area (Å²) in [5, 5.41) is 0. The van der Waals surface area contributed by atoms with Crippen LogP contribution in [0.25, 0.3) is 0 Å². The summed E-state index contributed by atoms with van der Waals surface area (Å²) in [7, 11) is 2.49. The molecule has 0 amide bonds. The van der Waals surface area contributed by atoms with E-state index in [1.807, 2.05) is 30.3 Å². The zero-order valence-corrected chi connectivity index (χ0v) is 6.74. The highest BCUT2D eigenvalue weighted by atomic mass is 33.1. The van der Waals surface area contributed by atoms with Crippen LogP contribution in [0.2, 0.25) is 0 Å². The molecule has 0 atom stereocenters. The second kappa shape index (κ2) is 4.41. The molecule has 0 aliphatic rings. The summed E-state index contributed by atoms with van der Waals surface area (Å²) >= 11 is 0. The summed E-state index contributed by atoms with van der Waals surface area (Å²) in [5.74, 6) is 0. The lowest BCUT2D eigenvalue weighted by molar-refractivity contribution is 0.570. The van der Waals surface area contributed by atoms with Crippen LogP contribution in [0.1, 0.15) is 0 Å². The molecule has 1 radical (unpaired) electrons. The van der Waals surface area contributed by atoms with Crippen LogP contribution in [0.4, 0.5) is 0 Å². The Hall–Kier alpha value is -0.410. The van der Waals surface area contributed by atoms with E-state index in [0.29, 0.717) is 0 Å². The van der Waals surface area contributed by atoms with Crippen LogP contribution < -0.4 is 0 Å². The lowest BCUT2D eigenvalue weighted by atomic mass is 10.4. The van der Waals surface area contributed by atoms with Crippen molar-refractivity contribution in [3.8, 4) is 0 Å². The molecule has 0 aromatic heterocycles. The maximum atomic E-state index is 9.80. The van der Waals surface area contributed by atoms with Gasteiger partial charge >= 0.3 is 0 Å². The van der Waals surface area contributed by atoms with Gasteiger partial charge in [-0.05, 0) is 33.7 Å². The van der Waals surface area contributed by atoms with Gasteiger partial charge in [0.25, 0.3) is 5.62 Å². The predicted molar refractivity (Wildman–Crippen MR) is 45.6 cm³/mol. The number of carbonyl (C=O) groups excluding carboxylic acids is 1. The smallest absolute Gasteiger partial charge is 0.276 e. The van der Waals surface area contributed by atoms with E-state index in [1.165, 1.54) is 10.8 Å². The second-order valence-electron chi connectivity index (χ2n) is 1.56. The van der Waals surface area contributed by atoms with Gasteiger partial charge in [0, 0.05) is 4.90 Å². The Kier molecular flexibility index (Phi) is 3.40. The van der Waals surface area contributed by atoms with Crippen LogP contribution in [0.5, 0.6) is 0 Å². The number of hydrogen-bond donors (Lipinski definition) is 0. The SMILES string of the molecule is O=[C]SSc1ccccc1. The Labute approximate surface area is 67.6 Å². The maximum Gasteiger partial charge on any atom is 0.277 e. The lowest BCUT2D eigenvalue weighted by Gasteiger charge is -1.91. The Morgan fingerprint density at radius 3 is 2.50 bits per heavy atom. The molecule has 0 spiro atoms. The third-order valence-corrected chi connectivity index (χ3v) is 2.56. The van der Waals surface area contributed by atoms with Crippen LogP contribution in [0.15, 0.2) is 35.2 Å². The van der Waals surface area contributed by atoms with E-state index in [9.17, 15) is 4.79 Å². The average Bonchev–Trinajstić information content (AvgIpc) is 2.03. The van der Waals surface area contributed by atoms with Gasteiger partial charge in [-0.1, -0.05) is 18.2 Å². The van der Waals surface area contributed by atoms with Crippen LogP contribution >= 0.6 is 21.6 Å². The monoisotopic (exact) mass is 169 g/mol. The molecule has 3 heteroatoms. The van der Waals surface area contributed by atoms with Gasteiger partial charge in [0.15, 0.2) is 0 Å². The number of benzene rings is 1. The number of hydrogen-bond acceptors (Lipinski definition) is 3. The van der Waals surface area contributed by atoms with Gasteiger partial charge in [0.2, 0.25) is 0 Å². The summed E-state index contributed by atoms with van der Waals surface area (Å²) in [4.78, 5) is 10.9. The maximum absolute atomic E-state index is 9.80. The molecule has 0 aliphatic carbocycles. The molecular weight excluding hydrogens is 164 g/mol. The summed E-state index contributed by atoms with van der Waals surface area (Å²) < 4.78 is 0. The quantitative estimate of drug-likeness (QED) is 0.647. The molecule has 0 heterocycles. The van der Waals surface area contributed by atoms with Crippen molar-refractivity contribution in [1.29, 1.82) is 0 Å². The summed E-state index contributed by atoms with van der Waals surface area (Å²) in [6.07, 6.45) is 0. The van der Waals surface area contributed by atoms with E-state index in [4.69, 9.17) is 0 Å². The van der Waals surface area contributed by atoms with E-state index in [2.05, 4.69) is 0 Å². The third-order valence-electron chi connectivity index (χ3n) is 0.915. The summed E-state index contributed by atoms with van der Waals surface area (Å²) in [6, 6.07) is 9.73. The Bertz CT molecular complexity index is 198. The minimum atomic E-state index is 1.07. The van der Waals surface area contributed by atoms with Crippen LogP contribution in [0.3, 0.4) is 0 Å². The minimum Gasteiger partial charge on any atom is -0.276 e. The van der Waals surface area contributed by atoms with Crippen LogP contribution in [0, 0.1) is 0 Å². The van der Waals surface area contributed by atoms with Gasteiger partial charge in [0.1, 0.15) is 0 Å². The van der Waals surface area contributed by atoms with Crippen molar-refractivity contribution in [2.24, 2.45) is 0 Å². The van der Waals surface area contributed by atoms with Gasteiger partial charge in [-0.3, -0.25) is 4.79 Å². The largest absolute Gasteiger partial charge is 0.277 e. The molecule has 0 N–H and O–H groups in total. The van der Waals surface area contributed by atoms with Gasteiger partial charge in [-0.2, -0.15) is 0 Å². The normalized spacial score (nSPS) is 9.20. The molecular formula is C7H5OS2. The Morgan fingerprint density at radius 1 is 1.20 bits per heavy atom. The molecule has 1 aromatic rings. The van der Waals surface area contributed by atoms with Crippen molar-refractivity contribution in [2.45, 2.75) is 4.90 Å². The topological polar surface area (TPSA) is 17.1 Å². The van der Waals surface area contributed by atoms with E-state index in [1.54, 1.807) is 5.62 Å². The lowest BCUT2D eigenvalue weighted by Crippen LogP contribution is -1.63. The molecule has 0 bridgehead atoms. The van der Waals surface area contributed by atoms with Crippen molar-refractivity contribution >= 4 is 27.2 Å². The average molecular weight is 169 g/mol. The number of rotatable bonds is 3. The zero-order chi connectivity index (χ0) is 7.23. The highest BCUT2D eigenvalue weighted by Crippen LogP contribution is 2.27. The molecule has 0 aliphatic heterocycles. The van der Waals surface area contributed by atoms with E-state index in [-0.39, 0.29) is 0 Å². The molecule has 1 nitrogen and oxygen atoms in total. The fourth-order valence-corrected chi connectivity index (χ4v) is 1.66. The first kappa shape index (κ1) is 7.69. The highest BCUT2D eigenvalue weighted by molar-refractivity contribution is 8.81. The fourth-order valence-electron chi connectivity index (χ4n) is 0.541. The molecule has 10 heavy (non-hydrogen) atoms. The summed E-state index contributed by atoms with van der Waals surface area (Å²) in [5.41, 5.74) is 1.75.